The van der Waals surface area contributed by atoms with Crippen LogP contribution in [0.4, 0.5) is 4.79 Å². The van der Waals surface area contributed by atoms with E-state index in [9.17, 15) is 4.79 Å². The maximum atomic E-state index is 12.0. The van der Waals surface area contributed by atoms with Crippen molar-refractivity contribution >= 4 is 17.0 Å². The van der Waals surface area contributed by atoms with E-state index in [2.05, 4.69) is 10.6 Å². The molecule has 1 unspecified atom stereocenters. The first-order valence-electron chi connectivity index (χ1n) is 7.81. The third kappa shape index (κ3) is 3.68. The number of carbonyl (C=O) groups excluding carboxylic acids is 1. The summed E-state index contributed by atoms with van der Waals surface area (Å²) < 4.78 is 10.9. The van der Waals surface area contributed by atoms with Crippen molar-refractivity contribution in [2.24, 2.45) is 0 Å². The highest BCUT2D eigenvalue weighted by molar-refractivity contribution is 5.78. The van der Waals surface area contributed by atoms with E-state index in [4.69, 9.17) is 9.15 Å². The summed E-state index contributed by atoms with van der Waals surface area (Å²) in [4.78, 5) is 12.0. The SMILES string of the molecule is COc1ccc(CNC(=O)NC(C)c2cc3ccccc3o2)cc1. The molecule has 0 fully saturated rings. The molecule has 3 aromatic rings. The van der Waals surface area contributed by atoms with Crippen LogP contribution in [-0.4, -0.2) is 13.1 Å². The van der Waals surface area contributed by atoms with Gasteiger partial charge < -0.3 is 19.8 Å². The number of methoxy groups -OCH3 is 1. The van der Waals surface area contributed by atoms with Crippen molar-refractivity contribution in [3.63, 3.8) is 0 Å². The van der Waals surface area contributed by atoms with Gasteiger partial charge >= 0.3 is 6.03 Å². The Bertz CT molecular complexity index is 791. The number of rotatable bonds is 5. The predicted molar refractivity (Wildman–Crippen MR) is 93.0 cm³/mol. The van der Waals surface area contributed by atoms with Gasteiger partial charge in [0.15, 0.2) is 0 Å². The molecule has 0 saturated carbocycles. The van der Waals surface area contributed by atoms with E-state index in [1.54, 1.807) is 7.11 Å². The quantitative estimate of drug-likeness (QED) is 0.745. The lowest BCUT2D eigenvalue weighted by Crippen LogP contribution is -2.36. The largest absolute Gasteiger partial charge is 0.497 e. The van der Waals surface area contributed by atoms with Gasteiger partial charge in [0.05, 0.1) is 13.2 Å². The standard InChI is InChI=1S/C19H20N2O3/c1-13(18-11-15-5-3-4-6-17(15)24-18)21-19(22)20-12-14-7-9-16(23-2)10-8-14/h3-11,13H,12H2,1-2H3,(H2,20,21,22). The number of amides is 2. The van der Waals surface area contributed by atoms with Crippen molar-refractivity contribution in [3.8, 4) is 5.75 Å². The fourth-order valence-corrected chi connectivity index (χ4v) is 2.46. The minimum atomic E-state index is -0.237. The number of hydrogen-bond donors (Lipinski definition) is 2. The van der Waals surface area contributed by atoms with Crippen LogP contribution >= 0.6 is 0 Å². The maximum absolute atomic E-state index is 12.0. The molecule has 3 rings (SSSR count). The molecular formula is C19H20N2O3. The van der Waals surface area contributed by atoms with E-state index in [-0.39, 0.29) is 12.1 Å². The van der Waals surface area contributed by atoms with Gasteiger partial charge in [0, 0.05) is 11.9 Å². The third-order valence-electron chi connectivity index (χ3n) is 3.83. The van der Waals surface area contributed by atoms with Crippen molar-refractivity contribution in [3.05, 3.63) is 65.9 Å². The lowest BCUT2D eigenvalue weighted by atomic mass is 10.2. The normalized spacial score (nSPS) is 11.9. The zero-order valence-corrected chi connectivity index (χ0v) is 13.7. The summed E-state index contributed by atoms with van der Waals surface area (Å²) in [5, 5.41) is 6.75. The number of hydrogen-bond acceptors (Lipinski definition) is 3. The van der Waals surface area contributed by atoms with Crippen molar-refractivity contribution in [1.82, 2.24) is 10.6 Å². The molecule has 2 N–H and O–H groups in total. The molecule has 1 atom stereocenters. The highest BCUT2D eigenvalue weighted by Gasteiger charge is 2.13. The summed E-state index contributed by atoms with van der Waals surface area (Å²) in [6.45, 7) is 2.34. The average molecular weight is 324 g/mol. The van der Waals surface area contributed by atoms with Gasteiger partial charge in [-0.3, -0.25) is 0 Å². The van der Waals surface area contributed by atoms with E-state index in [0.29, 0.717) is 6.54 Å². The number of fused-ring (bicyclic) bond motifs is 1. The number of urea groups is 1. The number of nitrogens with one attached hydrogen (secondary N) is 2. The number of carbonyl (C=O) groups is 1. The Morgan fingerprint density at radius 1 is 1.17 bits per heavy atom. The highest BCUT2D eigenvalue weighted by atomic mass is 16.5. The summed E-state index contributed by atoms with van der Waals surface area (Å²) in [5.41, 5.74) is 1.82. The Labute approximate surface area is 140 Å². The molecule has 0 bridgehead atoms. The molecule has 0 aliphatic rings. The van der Waals surface area contributed by atoms with Crippen LogP contribution in [0.2, 0.25) is 0 Å². The van der Waals surface area contributed by atoms with Gasteiger partial charge in [0.1, 0.15) is 17.1 Å². The zero-order valence-electron chi connectivity index (χ0n) is 13.7. The second-order valence-electron chi connectivity index (χ2n) is 5.58. The van der Waals surface area contributed by atoms with Crippen molar-refractivity contribution in [2.45, 2.75) is 19.5 Å². The van der Waals surface area contributed by atoms with Crippen LogP contribution in [-0.2, 0) is 6.54 Å². The fraction of sp³-hybridized carbons (Fsp3) is 0.211. The van der Waals surface area contributed by atoms with Crippen molar-refractivity contribution in [1.29, 1.82) is 0 Å². The Kier molecular flexibility index (Phi) is 4.70. The van der Waals surface area contributed by atoms with Gasteiger partial charge in [-0.05, 0) is 36.8 Å². The summed E-state index contributed by atoms with van der Waals surface area (Å²) in [7, 11) is 1.63. The van der Waals surface area contributed by atoms with Crippen LogP contribution in [0, 0.1) is 0 Å². The Morgan fingerprint density at radius 2 is 1.92 bits per heavy atom. The first kappa shape index (κ1) is 15.9. The number of ether oxygens (including phenoxy) is 1. The molecule has 1 aromatic heterocycles. The van der Waals surface area contributed by atoms with E-state index < -0.39 is 0 Å². The Hall–Kier alpha value is -2.95. The average Bonchev–Trinajstić information content (AvgIpc) is 3.05. The summed E-state index contributed by atoms with van der Waals surface area (Å²) in [6.07, 6.45) is 0. The molecule has 2 aromatic carbocycles. The molecule has 5 nitrogen and oxygen atoms in total. The van der Waals surface area contributed by atoms with E-state index >= 15 is 0 Å². The first-order chi connectivity index (χ1) is 11.7. The van der Waals surface area contributed by atoms with Crippen LogP contribution in [0.25, 0.3) is 11.0 Å². The lowest BCUT2D eigenvalue weighted by Gasteiger charge is -2.12. The Morgan fingerprint density at radius 3 is 2.62 bits per heavy atom. The number of para-hydroxylation sites is 1. The van der Waals surface area contributed by atoms with Crippen LogP contribution in [0.15, 0.2) is 59.0 Å². The molecule has 124 valence electrons. The molecule has 24 heavy (non-hydrogen) atoms. The minimum Gasteiger partial charge on any atom is -0.497 e. The van der Waals surface area contributed by atoms with E-state index in [1.807, 2.05) is 61.5 Å². The van der Waals surface area contributed by atoms with Gasteiger partial charge in [-0.1, -0.05) is 30.3 Å². The zero-order chi connectivity index (χ0) is 16.9. The highest BCUT2D eigenvalue weighted by Crippen LogP contribution is 2.23. The smallest absolute Gasteiger partial charge is 0.315 e. The number of furan rings is 1. The summed E-state index contributed by atoms with van der Waals surface area (Å²) in [5.74, 6) is 1.53. The fourth-order valence-electron chi connectivity index (χ4n) is 2.46. The molecule has 1 heterocycles. The lowest BCUT2D eigenvalue weighted by molar-refractivity contribution is 0.236. The summed E-state index contributed by atoms with van der Waals surface area (Å²) >= 11 is 0. The van der Waals surface area contributed by atoms with Gasteiger partial charge in [-0.25, -0.2) is 4.79 Å². The molecule has 0 spiro atoms. The van der Waals surface area contributed by atoms with E-state index in [0.717, 1.165) is 28.0 Å². The second kappa shape index (κ2) is 7.08. The van der Waals surface area contributed by atoms with Gasteiger partial charge in [0.25, 0.3) is 0 Å². The Balaban J connectivity index is 1.55. The van der Waals surface area contributed by atoms with E-state index in [1.165, 1.54) is 0 Å². The topological polar surface area (TPSA) is 63.5 Å². The molecule has 0 aliphatic carbocycles. The molecule has 0 saturated heterocycles. The number of benzene rings is 2. The predicted octanol–water partition coefficient (Wildman–Crippen LogP) is 4.00. The molecule has 0 aliphatic heterocycles. The van der Waals surface area contributed by atoms with Crippen LogP contribution in [0.3, 0.4) is 0 Å². The monoisotopic (exact) mass is 324 g/mol. The molecule has 0 radical (unpaired) electrons. The maximum Gasteiger partial charge on any atom is 0.315 e. The molecule has 5 heteroatoms. The third-order valence-corrected chi connectivity index (χ3v) is 3.83. The molecule has 2 amide bonds. The summed E-state index contributed by atoms with van der Waals surface area (Å²) in [6, 6.07) is 16.8. The van der Waals surface area contributed by atoms with Crippen LogP contribution in [0.5, 0.6) is 5.75 Å². The van der Waals surface area contributed by atoms with Crippen molar-refractivity contribution in [2.75, 3.05) is 7.11 Å². The van der Waals surface area contributed by atoms with Crippen molar-refractivity contribution < 1.29 is 13.9 Å². The molecular weight excluding hydrogens is 304 g/mol. The van der Waals surface area contributed by atoms with Crippen LogP contribution in [0.1, 0.15) is 24.3 Å². The van der Waals surface area contributed by atoms with Gasteiger partial charge in [0.2, 0.25) is 0 Å². The second-order valence-corrected chi connectivity index (χ2v) is 5.58. The van der Waals surface area contributed by atoms with Gasteiger partial charge in [-0.2, -0.15) is 0 Å². The van der Waals surface area contributed by atoms with Crippen LogP contribution < -0.4 is 15.4 Å². The first-order valence-corrected chi connectivity index (χ1v) is 7.81. The van der Waals surface area contributed by atoms with Gasteiger partial charge in [-0.15, -0.1) is 0 Å². The minimum absolute atomic E-state index is 0.215.